The van der Waals surface area contributed by atoms with Crippen LogP contribution in [0.3, 0.4) is 0 Å². The van der Waals surface area contributed by atoms with Gasteiger partial charge in [-0.25, -0.2) is 0 Å². The number of rotatable bonds is 6. The summed E-state index contributed by atoms with van der Waals surface area (Å²) in [6.07, 6.45) is 5.02. The Hall–Kier alpha value is -1.13. The topological polar surface area (TPSA) is 50.9 Å². The molecule has 2 aromatic rings. The molecule has 0 spiro atoms. The van der Waals surface area contributed by atoms with Crippen LogP contribution in [0.15, 0.2) is 34.9 Å². The van der Waals surface area contributed by atoms with Crippen LogP contribution >= 0.6 is 15.9 Å². The van der Waals surface area contributed by atoms with E-state index in [0.29, 0.717) is 6.54 Å². The number of nitrogens with zero attached hydrogens (tertiary/aromatic N) is 1. The lowest BCUT2D eigenvalue weighted by atomic mass is 9.90. The highest BCUT2D eigenvalue weighted by molar-refractivity contribution is 9.10. The van der Waals surface area contributed by atoms with Crippen LogP contribution in [0, 0.1) is 0 Å². The van der Waals surface area contributed by atoms with Gasteiger partial charge in [-0.15, -0.1) is 0 Å². The third kappa shape index (κ3) is 3.13. The number of benzene rings is 1. The van der Waals surface area contributed by atoms with Crippen molar-refractivity contribution in [3.63, 3.8) is 0 Å². The molecule has 0 saturated heterocycles. The summed E-state index contributed by atoms with van der Waals surface area (Å²) in [6.45, 7) is 5.01. The monoisotopic (exact) mass is 335 g/mol. The van der Waals surface area contributed by atoms with Crippen molar-refractivity contribution in [2.24, 2.45) is 5.73 Å². The zero-order valence-electron chi connectivity index (χ0n) is 12.1. The molecule has 0 fully saturated rings. The summed E-state index contributed by atoms with van der Waals surface area (Å²) >= 11 is 3.47. The van der Waals surface area contributed by atoms with Gasteiger partial charge in [0.2, 0.25) is 0 Å². The van der Waals surface area contributed by atoms with E-state index in [9.17, 15) is 0 Å². The summed E-state index contributed by atoms with van der Waals surface area (Å²) in [7, 11) is 0. The molecule has 3 nitrogen and oxygen atoms in total. The van der Waals surface area contributed by atoms with E-state index in [1.54, 1.807) is 0 Å². The second kappa shape index (κ2) is 6.55. The molecule has 0 bridgehead atoms. The van der Waals surface area contributed by atoms with Crippen LogP contribution in [0.4, 0.5) is 5.69 Å². The quantitative estimate of drug-likeness (QED) is 0.826. The van der Waals surface area contributed by atoms with Crippen molar-refractivity contribution in [3.8, 4) is 0 Å². The first-order valence-corrected chi connectivity index (χ1v) is 7.96. The molecule has 0 amide bonds. The van der Waals surface area contributed by atoms with Gasteiger partial charge in [-0.3, -0.25) is 4.98 Å². The number of hydrogen-bond donors (Lipinski definition) is 2. The van der Waals surface area contributed by atoms with Crippen molar-refractivity contribution in [2.75, 3.05) is 11.9 Å². The van der Waals surface area contributed by atoms with Crippen LogP contribution in [-0.4, -0.2) is 17.1 Å². The van der Waals surface area contributed by atoms with Crippen molar-refractivity contribution in [3.05, 3.63) is 34.9 Å². The summed E-state index contributed by atoms with van der Waals surface area (Å²) in [5, 5.41) is 4.78. The number of para-hydroxylation sites is 1. The second-order valence-electron chi connectivity index (χ2n) is 5.24. The smallest absolute Gasteiger partial charge is 0.0934 e. The summed E-state index contributed by atoms with van der Waals surface area (Å²) in [4.78, 5) is 4.54. The Morgan fingerprint density at radius 1 is 1.35 bits per heavy atom. The maximum atomic E-state index is 6.03. The van der Waals surface area contributed by atoms with E-state index in [-0.39, 0.29) is 5.54 Å². The maximum Gasteiger partial charge on any atom is 0.0934 e. The van der Waals surface area contributed by atoms with Crippen LogP contribution < -0.4 is 11.1 Å². The summed E-state index contributed by atoms with van der Waals surface area (Å²) in [5.41, 5.74) is 8.05. The van der Waals surface area contributed by atoms with Crippen LogP contribution in [0.25, 0.3) is 10.9 Å². The Morgan fingerprint density at radius 2 is 2.15 bits per heavy atom. The number of nitrogens with two attached hydrogens (primary N) is 1. The van der Waals surface area contributed by atoms with Gasteiger partial charge in [-0.1, -0.05) is 32.4 Å². The Balaban J connectivity index is 2.42. The number of nitrogens with one attached hydrogen (secondary N) is 1. The molecule has 1 aromatic heterocycles. The van der Waals surface area contributed by atoms with Crippen molar-refractivity contribution in [2.45, 2.75) is 38.6 Å². The first kappa shape index (κ1) is 15.3. The molecule has 1 atom stereocenters. The molecule has 0 saturated carbocycles. The second-order valence-corrected chi connectivity index (χ2v) is 6.16. The Bertz CT molecular complexity index is 579. The number of aromatic nitrogens is 1. The summed E-state index contributed by atoms with van der Waals surface area (Å²) in [6, 6.07) is 8.30. The highest BCUT2D eigenvalue weighted by atomic mass is 79.9. The molecule has 4 heteroatoms. The fourth-order valence-electron chi connectivity index (χ4n) is 2.62. The third-order valence-electron chi connectivity index (χ3n) is 3.87. The molecule has 20 heavy (non-hydrogen) atoms. The third-order valence-corrected chi connectivity index (χ3v) is 4.31. The van der Waals surface area contributed by atoms with Gasteiger partial charge in [0.25, 0.3) is 0 Å². The zero-order valence-corrected chi connectivity index (χ0v) is 13.7. The van der Waals surface area contributed by atoms with E-state index in [4.69, 9.17) is 5.73 Å². The largest absolute Gasteiger partial charge is 0.377 e. The number of hydrogen-bond acceptors (Lipinski definition) is 3. The lowest BCUT2D eigenvalue weighted by Crippen LogP contribution is -2.45. The molecule has 0 aliphatic rings. The van der Waals surface area contributed by atoms with E-state index < -0.39 is 0 Å². The molecule has 0 aliphatic carbocycles. The minimum absolute atomic E-state index is 0.0439. The van der Waals surface area contributed by atoms with E-state index in [1.165, 1.54) is 0 Å². The van der Waals surface area contributed by atoms with Crippen molar-refractivity contribution in [1.82, 2.24) is 4.98 Å². The Labute approximate surface area is 129 Å². The maximum absolute atomic E-state index is 6.03. The van der Waals surface area contributed by atoms with Crippen molar-refractivity contribution in [1.29, 1.82) is 0 Å². The van der Waals surface area contributed by atoms with Crippen LogP contribution in [-0.2, 0) is 0 Å². The van der Waals surface area contributed by atoms with Crippen LogP contribution in [0.1, 0.15) is 33.1 Å². The van der Waals surface area contributed by atoms with E-state index in [1.807, 2.05) is 6.20 Å². The lowest BCUT2D eigenvalue weighted by molar-refractivity contribution is 0.422. The number of pyridine rings is 1. The predicted octanol–water partition coefficient (Wildman–Crippen LogP) is 4.32. The fraction of sp³-hybridized carbons (Fsp3) is 0.438. The van der Waals surface area contributed by atoms with Gasteiger partial charge in [0, 0.05) is 28.1 Å². The SMILES string of the molecule is CCCC(CC)(CN)Nc1cccc2cc(Br)cnc12. The molecule has 1 heterocycles. The predicted molar refractivity (Wildman–Crippen MR) is 90.1 cm³/mol. The molecule has 1 aromatic carbocycles. The van der Waals surface area contributed by atoms with Crippen molar-refractivity contribution >= 4 is 32.5 Å². The summed E-state index contributed by atoms with van der Waals surface area (Å²) in [5.74, 6) is 0. The Kier molecular flexibility index (Phi) is 5.00. The van der Waals surface area contributed by atoms with Gasteiger partial charge in [-0.2, -0.15) is 0 Å². The first-order valence-electron chi connectivity index (χ1n) is 7.16. The molecule has 108 valence electrons. The van der Waals surface area contributed by atoms with Gasteiger partial charge in [-0.05, 0) is 40.9 Å². The standard InChI is InChI=1S/C16H22BrN3/c1-3-8-16(4-2,11-18)20-14-7-5-6-12-9-13(17)10-19-15(12)14/h5-7,9-10,20H,3-4,8,11,18H2,1-2H3. The van der Waals surface area contributed by atoms with Gasteiger partial charge < -0.3 is 11.1 Å². The van der Waals surface area contributed by atoms with E-state index >= 15 is 0 Å². The minimum atomic E-state index is -0.0439. The van der Waals surface area contributed by atoms with E-state index in [0.717, 1.165) is 40.3 Å². The molecular weight excluding hydrogens is 314 g/mol. The van der Waals surface area contributed by atoms with Crippen LogP contribution in [0.5, 0.6) is 0 Å². The van der Waals surface area contributed by atoms with Gasteiger partial charge in [0.15, 0.2) is 0 Å². The average molecular weight is 336 g/mol. The minimum Gasteiger partial charge on any atom is -0.377 e. The first-order chi connectivity index (χ1) is 9.64. The highest BCUT2D eigenvalue weighted by Gasteiger charge is 2.25. The van der Waals surface area contributed by atoms with Gasteiger partial charge in [0.1, 0.15) is 0 Å². The van der Waals surface area contributed by atoms with E-state index in [2.05, 4.69) is 64.3 Å². The lowest BCUT2D eigenvalue weighted by Gasteiger charge is -2.34. The zero-order chi connectivity index (χ0) is 14.6. The molecular formula is C16H22BrN3. The molecule has 3 N–H and O–H groups in total. The molecule has 1 unspecified atom stereocenters. The average Bonchev–Trinajstić information content (AvgIpc) is 2.46. The molecule has 2 rings (SSSR count). The van der Waals surface area contributed by atoms with Crippen LogP contribution in [0.2, 0.25) is 0 Å². The molecule has 0 aliphatic heterocycles. The molecule has 0 radical (unpaired) electrons. The number of anilines is 1. The van der Waals surface area contributed by atoms with Crippen molar-refractivity contribution < 1.29 is 0 Å². The van der Waals surface area contributed by atoms with Gasteiger partial charge >= 0.3 is 0 Å². The normalized spacial score (nSPS) is 14.2. The van der Waals surface area contributed by atoms with Gasteiger partial charge in [0.05, 0.1) is 11.2 Å². The number of halogens is 1. The Morgan fingerprint density at radius 3 is 2.80 bits per heavy atom. The highest BCUT2D eigenvalue weighted by Crippen LogP contribution is 2.29. The number of fused-ring (bicyclic) bond motifs is 1. The fourth-order valence-corrected chi connectivity index (χ4v) is 2.97. The summed E-state index contributed by atoms with van der Waals surface area (Å²) < 4.78 is 0.997.